The van der Waals surface area contributed by atoms with Crippen molar-refractivity contribution >= 4 is 5.96 Å². The molecule has 70 valence electrons. The fraction of sp³-hybridized carbons (Fsp3) is 0.889. The predicted molar refractivity (Wildman–Crippen MR) is 52.2 cm³/mol. The summed E-state index contributed by atoms with van der Waals surface area (Å²) in [6, 6.07) is 0. The molecule has 0 saturated heterocycles. The molecule has 3 N–H and O–H groups in total. The summed E-state index contributed by atoms with van der Waals surface area (Å²) in [4.78, 5) is 3.91. The van der Waals surface area contributed by atoms with Crippen LogP contribution in [-0.4, -0.2) is 18.5 Å². The zero-order valence-electron chi connectivity index (χ0n) is 8.06. The fourth-order valence-electron chi connectivity index (χ4n) is 1.82. The van der Waals surface area contributed by atoms with Gasteiger partial charge in [0.2, 0.25) is 0 Å². The summed E-state index contributed by atoms with van der Waals surface area (Å²) in [7, 11) is 1.72. The molecule has 1 aliphatic carbocycles. The van der Waals surface area contributed by atoms with E-state index < -0.39 is 0 Å². The lowest BCUT2D eigenvalue weighted by Gasteiger charge is -2.34. The molecule has 0 spiro atoms. The molecule has 1 aliphatic rings. The lowest BCUT2D eigenvalue weighted by molar-refractivity contribution is 0.290. The molecule has 1 rings (SSSR count). The maximum Gasteiger partial charge on any atom is 0.188 e. The number of nitrogens with one attached hydrogen (secondary N) is 1. The van der Waals surface area contributed by atoms with E-state index in [-0.39, 0.29) is 5.54 Å². The molecule has 0 aromatic carbocycles. The van der Waals surface area contributed by atoms with E-state index in [1.165, 1.54) is 32.1 Å². The predicted octanol–water partition coefficient (Wildman–Crippen LogP) is 1.24. The Morgan fingerprint density at radius 1 is 1.33 bits per heavy atom. The van der Waals surface area contributed by atoms with Crippen LogP contribution >= 0.6 is 0 Å². The van der Waals surface area contributed by atoms with Crippen LogP contribution in [0.2, 0.25) is 0 Å². The number of guanidine groups is 1. The van der Waals surface area contributed by atoms with Crippen molar-refractivity contribution in [3.63, 3.8) is 0 Å². The molecule has 0 amide bonds. The largest absolute Gasteiger partial charge is 0.370 e. The second-order valence-corrected chi connectivity index (χ2v) is 3.86. The van der Waals surface area contributed by atoms with E-state index in [2.05, 4.69) is 17.2 Å². The second kappa shape index (κ2) is 3.78. The topological polar surface area (TPSA) is 50.4 Å². The summed E-state index contributed by atoms with van der Waals surface area (Å²) in [5.74, 6) is 0.569. The van der Waals surface area contributed by atoms with Crippen LogP contribution in [0.4, 0.5) is 0 Å². The SMILES string of the molecule is CN=C(N)NC1(C)CCCCC1. The number of hydrogen-bond donors (Lipinski definition) is 2. The van der Waals surface area contributed by atoms with Gasteiger partial charge in [-0.3, -0.25) is 4.99 Å². The summed E-state index contributed by atoms with van der Waals surface area (Å²) in [5, 5.41) is 3.27. The summed E-state index contributed by atoms with van der Waals surface area (Å²) in [6.07, 6.45) is 6.40. The minimum absolute atomic E-state index is 0.196. The molecule has 0 aromatic heterocycles. The van der Waals surface area contributed by atoms with Crippen molar-refractivity contribution in [2.75, 3.05) is 7.05 Å². The third kappa shape index (κ3) is 2.40. The molecule has 0 aliphatic heterocycles. The van der Waals surface area contributed by atoms with Crippen LogP contribution in [0.25, 0.3) is 0 Å². The first kappa shape index (κ1) is 9.36. The molecule has 0 atom stereocenters. The van der Waals surface area contributed by atoms with Gasteiger partial charge in [0.1, 0.15) is 0 Å². The molecule has 1 saturated carbocycles. The van der Waals surface area contributed by atoms with E-state index in [4.69, 9.17) is 5.73 Å². The standard InChI is InChI=1S/C9H19N3/c1-9(12-8(10)11-2)6-4-3-5-7-9/h3-7H2,1-2H3,(H3,10,11,12). The Labute approximate surface area is 74.4 Å². The van der Waals surface area contributed by atoms with Gasteiger partial charge in [0, 0.05) is 12.6 Å². The fourth-order valence-corrected chi connectivity index (χ4v) is 1.82. The van der Waals surface area contributed by atoms with Gasteiger partial charge in [0.15, 0.2) is 5.96 Å². The molecule has 0 radical (unpaired) electrons. The van der Waals surface area contributed by atoms with Crippen molar-refractivity contribution in [2.45, 2.75) is 44.6 Å². The van der Waals surface area contributed by atoms with Gasteiger partial charge >= 0.3 is 0 Å². The molecule has 3 nitrogen and oxygen atoms in total. The Morgan fingerprint density at radius 3 is 2.42 bits per heavy atom. The van der Waals surface area contributed by atoms with E-state index in [9.17, 15) is 0 Å². The van der Waals surface area contributed by atoms with Crippen LogP contribution in [0.3, 0.4) is 0 Å². The molecule has 0 aromatic rings. The molecule has 12 heavy (non-hydrogen) atoms. The first-order valence-electron chi connectivity index (χ1n) is 4.67. The number of hydrogen-bond acceptors (Lipinski definition) is 1. The highest BCUT2D eigenvalue weighted by Gasteiger charge is 2.26. The second-order valence-electron chi connectivity index (χ2n) is 3.86. The third-order valence-electron chi connectivity index (χ3n) is 2.63. The van der Waals surface area contributed by atoms with Crippen LogP contribution in [0.1, 0.15) is 39.0 Å². The minimum atomic E-state index is 0.196. The molecule has 0 bridgehead atoms. The first-order valence-corrected chi connectivity index (χ1v) is 4.67. The average Bonchev–Trinajstić information content (AvgIpc) is 2.05. The number of nitrogens with zero attached hydrogens (tertiary/aromatic N) is 1. The van der Waals surface area contributed by atoms with Crippen molar-refractivity contribution in [1.82, 2.24) is 5.32 Å². The van der Waals surface area contributed by atoms with Crippen LogP contribution in [0.15, 0.2) is 4.99 Å². The highest BCUT2D eigenvalue weighted by atomic mass is 15.1. The molecular formula is C9H19N3. The third-order valence-corrected chi connectivity index (χ3v) is 2.63. The average molecular weight is 169 g/mol. The van der Waals surface area contributed by atoms with Gasteiger partial charge in [-0.05, 0) is 19.8 Å². The maximum atomic E-state index is 5.63. The summed E-state index contributed by atoms with van der Waals surface area (Å²) >= 11 is 0. The summed E-state index contributed by atoms with van der Waals surface area (Å²) in [5.41, 5.74) is 5.82. The summed E-state index contributed by atoms with van der Waals surface area (Å²) < 4.78 is 0. The van der Waals surface area contributed by atoms with Gasteiger partial charge in [0.05, 0.1) is 0 Å². The smallest absolute Gasteiger partial charge is 0.188 e. The lowest BCUT2D eigenvalue weighted by Crippen LogP contribution is -2.50. The zero-order valence-corrected chi connectivity index (χ0v) is 8.06. The van der Waals surface area contributed by atoms with E-state index in [1.54, 1.807) is 7.05 Å². The Balaban J connectivity index is 2.46. The number of nitrogens with two attached hydrogens (primary N) is 1. The minimum Gasteiger partial charge on any atom is -0.370 e. The Kier molecular flexibility index (Phi) is 2.95. The Morgan fingerprint density at radius 2 is 1.92 bits per heavy atom. The van der Waals surface area contributed by atoms with Crippen molar-refractivity contribution in [3.05, 3.63) is 0 Å². The van der Waals surface area contributed by atoms with Crippen molar-refractivity contribution in [2.24, 2.45) is 10.7 Å². The summed E-state index contributed by atoms with van der Waals surface area (Å²) in [6.45, 7) is 2.23. The highest BCUT2D eigenvalue weighted by Crippen LogP contribution is 2.27. The zero-order chi connectivity index (χ0) is 9.03. The molecule has 3 heteroatoms. The van der Waals surface area contributed by atoms with Gasteiger partial charge in [-0.15, -0.1) is 0 Å². The maximum absolute atomic E-state index is 5.63. The lowest BCUT2D eigenvalue weighted by atomic mass is 9.83. The van der Waals surface area contributed by atoms with E-state index >= 15 is 0 Å². The first-order chi connectivity index (χ1) is 5.66. The van der Waals surface area contributed by atoms with Crippen molar-refractivity contribution in [3.8, 4) is 0 Å². The van der Waals surface area contributed by atoms with E-state index in [0.29, 0.717) is 5.96 Å². The van der Waals surface area contributed by atoms with Gasteiger partial charge in [-0.25, -0.2) is 0 Å². The molecular weight excluding hydrogens is 150 g/mol. The number of rotatable bonds is 1. The monoisotopic (exact) mass is 169 g/mol. The number of aliphatic imine (C=N–C) groups is 1. The van der Waals surface area contributed by atoms with Crippen molar-refractivity contribution < 1.29 is 0 Å². The van der Waals surface area contributed by atoms with Crippen LogP contribution in [0, 0.1) is 0 Å². The highest BCUT2D eigenvalue weighted by molar-refractivity contribution is 5.78. The van der Waals surface area contributed by atoms with Crippen LogP contribution < -0.4 is 11.1 Å². The van der Waals surface area contributed by atoms with Gasteiger partial charge in [-0.2, -0.15) is 0 Å². The van der Waals surface area contributed by atoms with Crippen molar-refractivity contribution in [1.29, 1.82) is 0 Å². The normalized spacial score (nSPS) is 23.7. The van der Waals surface area contributed by atoms with E-state index in [0.717, 1.165) is 0 Å². The van der Waals surface area contributed by atoms with Crippen LogP contribution in [-0.2, 0) is 0 Å². The molecule has 0 heterocycles. The van der Waals surface area contributed by atoms with Gasteiger partial charge in [-0.1, -0.05) is 19.3 Å². The van der Waals surface area contributed by atoms with E-state index in [1.807, 2.05) is 0 Å². The Bertz CT molecular complexity index is 169. The van der Waals surface area contributed by atoms with Gasteiger partial charge in [0.25, 0.3) is 0 Å². The Hall–Kier alpha value is -0.730. The molecule has 0 unspecified atom stereocenters. The quantitative estimate of drug-likeness (QED) is 0.458. The van der Waals surface area contributed by atoms with Crippen LogP contribution in [0.5, 0.6) is 0 Å². The molecule has 1 fully saturated rings. The van der Waals surface area contributed by atoms with Gasteiger partial charge < -0.3 is 11.1 Å².